The van der Waals surface area contributed by atoms with Gasteiger partial charge >= 0.3 is 5.97 Å². The number of ketones is 1. The first-order valence-corrected chi connectivity index (χ1v) is 12.4. The van der Waals surface area contributed by atoms with E-state index in [1.54, 1.807) is 17.4 Å². The third-order valence-corrected chi connectivity index (χ3v) is 7.21. The summed E-state index contributed by atoms with van der Waals surface area (Å²) < 4.78 is 11.0. The first-order valence-electron chi connectivity index (χ1n) is 11.2. The molecule has 0 spiro atoms. The molecule has 5 nitrogen and oxygen atoms in total. The summed E-state index contributed by atoms with van der Waals surface area (Å²) in [4.78, 5) is 27.9. The van der Waals surface area contributed by atoms with Gasteiger partial charge in [0.2, 0.25) is 0 Å². The molecule has 174 valence electrons. The predicted molar refractivity (Wildman–Crippen MR) is 130 cm³/mol. The highest BCUT2D eigenvalue weighted by molar-refractivity contribution is 7.10. The number of nitrogens with one attached hydrogen (secondary N) is 1. The van der Waals surface area contributed by atoms with E-state index in [-0.39, 0.29) is 24.4 Å². The quantitative estimate of drug-likeness (QED) is 0.400. The number of carbonyl (C=O) groups is 2. The van der Waals surface area contributed by atoms with Crippen molar-refractivity contribution < 1.29 is 19.1 Å². The van der Waals surface area contributed by atoms with Crippen LogP contribution in [0.3, 0.4) is 0 Å². The van der Waals surface area contributed by atoms with Crippen LogP contribution >= 0.6 is 22.9 Å². The van der Waals surface area contributed by atoms with Crippen LogP contribution in [0.25, 0.3) is 0 Å². The van der Waals surface area contributed by atoms with Crippen LogP contribution in [-0.4, -0.2) is 31.1 Å². The molecule has 4 rings (SSSR count). The van der Waals surface area contributed by atoms with Crippen molar-refractivity contribution in [1.82, 2.24) is 5.32 Å². The Balaban J connectivity index is 1.68. The third-order valence-electron chi connectivity index (χ3n) is 5.94. The molecule has 1 aromatic carbocycles. The molecule has 0 radical (unpaired) electrons. The number of carbonyl (C=O) groups excluding carboxylic acids is 2. The van der Waals surface area contributed by atoms with Crippen molar-refractivity contribution >= 4 is 34.7 Å². The Morgan fingerprint density at radius 2 is 2.03 bits per heavy atom. The van der Waals surface area contributed by atoms with Gasteiger partial charge in [-0.15, -0.1) is 11.3 Å². The van der Waals surface area contributed by atoms with E-state index in [0.29, 0.717) is 34.9 Å². The second kappa shape index (κ2) is 10.2. The number of hydrogen-bond acceptors (Lipinski definition) is 6. The van der Waals surface area contributed by atoms with Gasteiger partial charge in [0.25, 0.3) is 0 Å². The fraction of sp³-hybridized carbons (Fsp3) is 0.385. The minimum Gasteiger partial charge on any atom is -0.460 e. The SMILES string of the molecule is CC1=C(C(=O)OCCOC(C)C)[C@H](c2cccc(Cl)c2)C2=C(C[C@@H](c3cccs3)CC2=O)N1. The molecule has 1 aromatic heterocycles. The maximum absolute atomic E-state index is 13.5. The van der Waals surface area contributed by atoms with Gasteiger partial charge in [-0.2, -0.15) is 0 Å². The molecule has 0 saturated heterocycles. The number of esters is 1. The monoisotopic (exact) mass is 485 g/mol. The van der Waals surface area contributed by atoms with E-state index >= 15 is 0 Å². The van der Waals surface area contributed by atoms with Gasteiger partial charge in [0.05, 0.1) is 18.3 Å². The minimum absolute atomic E-state index is 0.0491. The van der Waals surface area contributed by atoms with Crippen molar-refractivity contribution in [2.24, 2.45) is 0 Å². The van der Waals surface area contributed by atoms with Gasteiger partial charge in [-0.05, 0) is 56.3 Å². The molecule has 2 heterocycles. The number of Topliss-reactive ketones (excluding diaryl/α,β-unsaturated/α-hetero) is 1. The molecule has 0 amide bonds. The first kappa shape index (κ1) is 23.7. The van der Waals surface area contributed by atoms with E-state index in [0.717, 1.165) is 17.7 Å². The lowest BCUT2D eigenvalue weighted by Crippen LogP contribution is -2.36. The summed E-state index contributed by atoms with van der Waals surface area (Å²) in [6, 6.07) is 11.5. The molecule has 2 aliphatic rings. The summed E-state index contributed by atoms with van der Waals surface area (Å²) in [7, 11) is 0. The van der Waals surface area contributed by atoms with Crippen molar-refractivity contribution in [2.45, 2.75) is 51.6 Å². The van der Waals surface area contributed by atoms with Gasteiger partial charge in [0.1, 0.15) is 6.61 Å². The maximum atomic E-state index is 13.5. The van der Waals surface area contributed by atoms with Crippen LogP contribution < -0.4 is 5.32 Å². The number of benzene rings is 1. The van der Waals surface area contributed by atoms with Crippen molar-refractivity contribution in [3.8, 4) is 0 Å². The average Bonchev–Trinajstić information content (AvgIpc) is 3.30. The van der Waals surface area contributed by atoms with Gasteiger partial charge < -0.3 is 14.8 Å². The molecule has 33 heavy (non-hydrogen) atoms. The fourth-order valence-electron chi connectivity index (χ4n) is 4.55. The molecule has 2 atom stereocenters. The Kier molecular flexibility index (Phi) is 7.37. The largest absolute Gasteiger partial charge is 0.460 e. The Bertz CT molecular complexity index is 1100. The average molecular weight is 486 g/mol. The summed E-state index contributed by atoms with van der Waals surface area (Å²) in [6.07, 6.45) is 1.20. The van der Waals surface area contributed by atoms with Crippen LogP contribution in [0.5, 0.6) is 0 Å². The van der Waals surface area contributed by atoms with E-state index in [9.17, 15) is 9.59 Å². The van der Waals surface area contributed by atoms with E-state index in [2.05, 4.69) is 11.4 Å². The molecule has 0 saturated carbocycles. The number of rotatable bonds is 7. The summed E-state index contributed by atoms with van der Waals surface area (Å²) >= 11 is 7.97. The number of allylic oxidation sites excluding steroid dienone is 3. The fourth-order valence-corrected chi connectivity index (χ4v) is 5.58. The van der Waals surface area contributed by atoms with Gasteiger partial charge in [0, 0.05) is 45.1 Å². The standard InChI is InChI=1S/C26H28ClNO4S/c1-15(2)31-9-10-32-26(30)23-16(3)28-20-13-18(22-8-5-11-33-22)14-21(29)25(20)24(23)17-6-4-7-19(27)12-17/h4-8,11-12,15,18,24,28H,9-10,13-14H2,1-3H3/t18-,24+/m1/s1. The lowest BCUT2D eigenvalue weighted by Gasteiger charge is -2.36. The number of hydrogen-bond donors (Lipinski definition) is 1. The number of dihydropyridines is 1. The zero-order valence-corrected chi connectivity index (χ0v) is 20.6. The van der Waals surface area contributed by atoms with Gasteiger partial charge in [0.15, 0.2) is 5.78 Å². The van der Waals surface area contributed by atoms with Crippen LogP contribution in [0.15, 0.2) is 64.3 Å². The third kappa shape index (κ3) is 5.24. The van der Waals surface area contributed by atoms with Crippen LogP contribution in [0.2, 0.25) is 5.02 Å². The van der Waals surface area contributed by atoms with Gasteiger partial charge in [-0.3, -0.25) is 4.79 Å². The van der Waals surface area contributed by atoms with E-state index in [1.807, 2.05) is 50.4 Å². The Hall–Kier alpha value is -2.41. The topological polar surface area (TPSA) is 64.6 Å². The molecule has 2 aromatic rings. The Morgan fingerprint density at radius 1 is 1.21 bits per heavy atom. The second-order valence-corrected chi connectivity index (χ2v) is 10.1. The predicted octanol–water partition coefficient (Wildman–Crippen LogP) is 5.73. The highest BCUT2D eigenvalue weighted by atomic mass is 35.5. The van der Waals surface area contributed by atoms with Crippen LogP contribution in [0, 0.1) is 0 Å². The van der Waals surface area contributed by atoms with Crippen LogP contribution in [-0.2, 0) is 19.1 Å². The Morgan fingerprint density at radius 3 is 2.73 bits per heavy atom. The lowest BCUT2D eigenvalue weighted by molar-refractivity contribution is -0.141. The van der Waals surface area contributed by atoms with E-state index < -0.39 is 11.9 Å². The van der Waals surface area contributed by atoms with Gasteiger partial charge in [-0.1, -0.05) is 29.8 Å². The molecular formula is C26H28ClNO4S. The lowest BCUT2D eigenvalue weighted by atomic mass is 9.72. The molecule has 7 heteroatoms. The summed E-state index contributed by atoms with van der Waals surface area (Å²) in [5.41, 5.74) is 3.48. The highest BCUT2D eigenvalue weighted by Gasteiger charge is 2.41. The molecule has 1 aliphatic heterocycles. The molecule has 1 N–H and O–H groups in total. The van der Waals surface area contributed by atoms with E-state index in [4.69, 9.17) is 21.1 Å². The van der Waals surface area contributed by atoms with Crippen LogP contribution in [0.1, 0.15) is 55.9 Å². The summed E-state index contributed by atoms with van der Waals surface area (Å²) in [5.74, 6) is -0.779. The van der Waals surface area contributed by atoms with Crippen molar-refractivity contribution in [3.05, 3.63) is 79.8 Å². The smallest absolute Gasteiger partial charge is 0.336 e. The highest BCUT2D eigenvalue weighted by Crippen LogP contribution is 2.46. The molecule has 0 fully saturated rings. The maximum Gasteiger partial charge on any atom is 0.336 e. The first-order chi connectivity index (χ1) is 15.8. The Labute approximate surface area is 203 Å². The second-order valence-electron chi connectivity index (χ2n) is 8.64. The van der Waals surface area contributed by atoms with Gasteiger partial charge in [-0.25, -0.2) is 4.79 Å². The normalized spacial score (nSPS) is 20.7. The molecule has 1 aliphatic carbocycles. The molecule has 0 bridgehead atoms. The minimum atomic E-state index is -0.518. The number of halogens is 1. The van der Waals surface area contributed by atoms with E-state index in [1.165, 1.54) is 4.88 Å². The zero-order chi connectivity index (χ0) is 23.5. The number of ether oxygens (including phenoxy) is 2. The van der Waals surface area contributed by atoms with Crippen molar-refractivity contribution in [3.63, 3.8) is 0 Å². The van der Waals surface area contributed by atoms with Crippen LogP contribution in [0.4, 0.5) is 0 Å². The van der Waals surface area contributed by atoms with Crippen molar-refractivity contribution in [2.75, 3.05) is 13.2 Å². The van der Waals surface area contributed by atoms with Crippen molar-refractivity contribution in [1.29, 1.82) is 0 Å². The summed E-state index contributed by atoms with van der Waals surface area (Å²) in [6.45, 7) is 6.19. The number of thiophene rings is 1. The summed E-state index contributed by atoms with van der Waals surface area (Å²) in [5, 5.41) is 5.97. The zero-order valence-electron chi connectivity index (χ0n) is 19.0. The molecular weight excluding hydrogens is 458 g/mol. The molecule has 0 unspecified atom stereocenters.